The van der Waals surface area contributed by atoms with Gasteiger partial charge in [0.15, 0.2) is 0 Å². The van der Waals surface area contributed by atoms with Gasteiger partial charge in [0, 0.05) is 23.5 Å². The molecule has 0 spiro atoms. The highest BCUT2D eigenvalue weighted by Crippen LogP contribution is 2.19. The first-order valence-corrected chi connectivity index (χ1v) is 14.1. The number of carboxylic acid groups (broad SMARTS) is 1. The van der Waals surface area contributed by atoms with E-state index in [9.17, 15) is 29.4 Å². The molecule has 226 valence electrons. The molecule has 1 heterocycles. The lowest BCUT2D eigenvalue weighted by Crippen LogP contribution is -2.58. The monoisotopic (exact) mass is 579 g/mol. The van der Waals surface area contributed by atoms with Crippen molar-refractivity contribution < 1.29 is 29.4 Å². The largest absolute Gasteiger partial charge is 0.508 e. The van der Waals surface area contributed by atoms with Gasteiger partial charge in [-0.05, 0) is 54.0 Å². The minimum Gasteiger partial charge on any atom is -0.508 e. The molecule has 3 amide bonds. The topological polar surface area (TPSA) is 187 Å². The van der Waals surface area contributed by atoms with Gasteiger partial charge in [-0.15, -0.1) is 0 Å². The normalized spacial score (nSPS) is 14.3. The summed E-state index contributed by atoms with van der Waals surface area (Å²) in [5.41, 5.74) is 8.45. The molecule has 11 heteroatoms. The number of aromatic amines is 1. The van der Waals surface area contributed by atoms with Crippen molar-refractivity contribution in [2.24, 2.45) is 17.6 Å². The van der Waals surface area contributed by atoms with Gasteiger partial charge in [-0.1, -0.05) is 58.0 Å². The third-order valence-corrected chi connectivity index (χ3v) is 7.03. The zero-order chi connectivity index (χ0) is 31.0. The predicted octanol–water partition coefficient (Wildman–Crippen LogP) is 2.23. The van der Waals surface area contributed by atoms with Gasteiger partial charge in [0.2, 0.25) is 17.7 Å². The molecule has 1 aromatic heterocycles. The highest BCUT2D eigenvalue weighted by Gasteiger charge is 2.32. The van der Waals surface area contributed by atoms with E-state index in [0.29, 0.717) is 0 Å². The summed E-state index contributed by atoms with van der Waals surface area (Å²) in [6.07, 6.45) is 2.24. The fourth-order valence-electron chi connectivity index (χ4n) is 4.73. The first-order chi connectivity index (χ1) is 19.8. The number of para-hydroxylation sites is 1. The minimum absolute atomic E-state index is 0.00349. The average Bonchev–Trinajstić information content (AvgIpc) is 3.34. The molecule has 2 aromatic carbocycles. The number of hydrogen-bond acceptors (Lipinski definition) is 6. The molecule has 42 heavy (non-hydrogen) atoms. The highest BCUT2D eigenvalue weighted by atomic mass is 16.4. The fraction of sp³-hybridized carbons (Fsp3) is 0.419. The fourth-order valence-corrected chi connectivity index (χ4v) is 4.73. The van der Waals surface area contributed by atoms with Crippen molar-refractivity contribution in [1.29, 1.82) is 0 Å². The smallest absolute Gasteiger partial charge is 0.326 e. The summed E-state index contributed by atoms with van der Waals surface area (Å²) in [7, 11) is 0. The molecule has 0 fully saturated rings. The van der Waals surface area contributed by atoms with Crippen molar-refractivity contribution in [1.82, 2.24) is 20.9 Å². The Bertz CT molecular complexity index is 1380. The Morgan fingerprint density at radius 3 is 2.10 bits per heavy atom. The lowest BCUT2D eigenvalue weighted by molar-refractivity contribution is -0.142. The van der Waals surface area contributed by atoms with Crippen molar-refractivity contribution in [2.45, 2.75) is 71.1 Å². The van der Waals surface area contributed by atoms with E-state index in [-0.39, 0.29) is 36.8 Å². The molecule has 0 saturated heterocycles. The number of hydrogen-bond donors (Lipinski definition) is 7. The van der Waals surface area contributed by atoms with Gasteiger partial charge in [0.05, 0.1) is 6.04 Å². The number of phenolic OH excluding ortho intramolecular Hbond substituents is 1. The minimum atomic E-state index is -1.22. The molecule has 0 aliphatic rings. The van der Waals surface area contributed by atoms with E-state index >= 15 is 0 Å². The van der Waals surface area contributed by atoms with Crippen LogP contribution in [0.15, 0.2) is 54.7 Å². The first kappa shape index (κ1) is 32.1. The lowest BCUT2D eigenvalue weighted by atomic mass is 9.98. The molecule has 3 rings (SSSR count). The quantitative estimate of drug-likeness (QED) is 0.152. The predicted molar refractivity (Wildman–Crippen MR) is 160 cm³/mol. The Hall–Kier alpha value is -4.38. The Balaban J connectivity index is 1.69. The van der Waals surface area contributed by atoms with Crippen LogP contribution in [0.3, 0.4) is 0 Å². The summed E-state index contributed by atoms with van der Waals surface area (Å²) in [5.74, 6) is -3.15. The number of carboxylic acids is 1. The number of nitrogens with two attached hydrogens (primary N) is 1. The molecule has 11 nitrogen and oxygen atoms in total. The van der Waals surface area contributed by atoms with E-state index in [1.54, 1.807) is 32.2 Å². The number of amides is 3. The summed E-state index contributed by atoms with van der Waals surface area (Å²) in [6.45, 7) is 7.29. The Kier molecular flexibility index (Phi) is 11.1. The van der Waals surface area contributed by atoms with Crippen molar-refractivity contribution in [3.05, 3.63) is 65.9 Å². The number of aromatic nitrogens is 1. The van der Waals surface area contributed by atoms with Gasteiger partial charge in [0.25, 0.3) is 0 Å². The van der Waals surface area contributed by atoms with Gasteiger partial charge < -0.3 is 36.9 Å². The number of nitrogens with one attached hydrogen (secondary N) is 4. The van der Waals surface area contributed by atoms with Gasteiger partial charge >= 0.3 is 5.97 Å². The van der Waals surface area contributed by atoms with E-state index in [4.69, 9.17) is 5.73 Å². The van der Waals surface area contributed by atoms with E-state index in [1.165, 1.54) is 12.1 Å². The van der Waals surface area contributed by atoms with Crippen LogP contribution in [0.2, 0.25) is 0 Å². The number of fused-ring (bicyclic) bond motifs is 1. The third kappa shape index (κ3) is 8.81. The van der Waals surface area contributed by atoms with E-state index < -0.39 is 47.9 Å². The second-order valence-corrected chi connectivity index (χ2v) is 11.4. The van der Waals surface area contributed by atoms with Gasteiger partial charge in [-0.2, -0.15) is 0 Å². The average molecular weight is 580 g/mol. The van der Waals surface area contributed by atoms with Crippen molar-refractivity contribution in [3.8, 4) is 5.75 Å². The second-order valence-electron chi connectivity index (χ2n) is 11.4. The summed E-state index contributed by atoms with van der Waals surface area (Å²) in [5, 5.41) is 28.2. The number of carbonyl (C=O) groups excluding carboxylic acids is 3. The zero-order valence-electron chi connectivity index (χ0n) is 24.4. The molecular weight excluding hydrogens is 538 g/mol. The zero-order valence-corrected chi connectivity index (χ0v) is 24.4. The van der Waals surface area contributed by atoms with Crippen LogP contribution in [0.1, 0.15) is 45.2 Å². The van der Waals surface area contributed by atoms with E-state index in [0.717, 1.165) is 22.0 Å². The highest BCUT2D eigenvalue weighted by molar-refractivity contribution is 5.94. The molecule has 0 bridgehead atoms. The van der Waals surface area contributed by atoms with Crippen LogP contribution >= 0.6 is 0 Å². The molecule has 0 aliphatic carbocycles. The van der Waals surface area contributed by atoms with Crippen LogP contribution in [0, 0.1) is 11.8 Å². The van der Waals surface area contributed by atoms with Crippen molar-refractivity contribution in [2.75, 3.05) is 0 Å². The second kappa shape index (κ2) is 14.5. The van der Waals surface area contributed by atoms with Crippen LogP contribution in [0.25, 0.3) is 10.9 Å². The van der Waals surface area contributed by atoms with Crippen LogP contribution < -0.4 is 21.7 Å². The van der Waals surface area contributed by atoms with Crippen molar-refractivity contribution in [3.63, 3.8) is 0 Å². The number of aliphatic carboxylic acids is 1. The van der Waals surface area contributed by atoms with E-state index in [1.807, 2.05) is 38.1 Å². The van der Waals surface area contributed by atoms with Crippen LogP contribution in [0.4, 0.5) is 0 Å². The SMILES string of the molecule is CC(C)CC(NC(=O)C(NC(=O)C(N)Cc1ccc(O)cc1)C(C)C)C(=O)NC(Cc1c[nH]c2ccccc12)C(=O)O. The maximum Gasteiger partial charge on any atom is 0.326 e. The number of benzene rings is 2. The molecule has 4 atom stereocenters. The standard InChI is InChI=1S/C31H41N5O6/c1-17(2)13-25(29(39)35-26(31(41)42)15-20-16-33-24-8-6-5-7-22(20)24)34-30(40)27(18(3)4)36-28(38)23(32)14-19-9-11-21(37)12-10-19/h5-12,16-18,23,25-27,33,37H,13-15,32H2,1-4H3,(H,34,40)(H,35,39)(H,36,38)(H,41,42). The Morgan fingerprint density at radius 1 is 0.833 bits per heavy atom. The van der Waals surface area contributed by atoms with Gasteiger partial charge in [0.1, 0.15) is 23.9 Å². The molecule has 0 radical (unpaired) electrons. The molecule has 8 N–H and O–H groups in total. The molecule has 0 aliphatic heterocycles. The summed E-state index contributed by atoms with van der Waals surface area (Å²) < 4.78 is 0. The summed E-state index contributed by atoms with van der Waals surface area (Å²) in [6, 6.07) is 9.63. The lowest BCUT2D eigenvalue weighted by Gasteiger charge is -2.27. The number of phenols is 1. The van der Waals surface area contributed by atoms with E-state index in [2.05, 4.69) is 20.9 Å². The Morgan fingerprint density at radius 2 is 1.48 bits per heavy atom. The molecule has 4 unspecified atom stereocenters. The first-order valence-electron chi connectivity index (χ1n) is 14.1. The molecule has 0 saturated carbocycles. The maximum absolute atomic E-state index is 13.4. The van der Waals surface area contributed by atoms with Crippen LogP contribution in [-0.4, -0.2) is 63.1 Å². The number of rotatable bonds is 14. The number of carbonyl (C=O) groups is 4. The molecular formula is C31H41N5O6. The van der Waals surface area contributed by atoms with Crippen molar-refractivity contribution >= 4 is 34.6 Å². The Labute approximate surface area is 245 Å². The van der Waals surface area contributed by atoms with Gasteiger partial charge in [-0.3, -0.25) is 14.4 Å². The maximum atomic E-state index is 13.4. The van der Waals surface area contributed by atoms with Crippen LogP contribution in [0.5, 0.6) is 5.75 Å². The summed E-state index contributed by atoms with van der Waals surface area (Å²) >= 11 is 0. The number of aromatic hydroxyl groups is 1. The summed E-state index contributed by atoms with van der Waals surface area (Å²) in [4.78, 5) is 54.8. The molecule has 3 aromatic rings. The van der Waals surface area contributed by atoms with Crippen LogP contribution in [-0.2, 0) is 32.0 Å². The third-order valence-electron chi connectivity index (χ3n) is 7.03. The van der Waals surface area contributed by atoms with Gasteiger partial charge in [-0.25, -0.2) is 4.79 Å². The number of H-pyrrole nitrogens is 1.